The van der Waals surface area contributed by atoms with Crippen molar-refractivity contribution in [3.05, 3.63) is 30.3 Å². The Hall–Kier alpha value is -0.440. The van der Waals surface area contributed by atoms with Gasteiger partial charge in [0.2, 0.25) is 0 Å². The molecule has 1 aromatic carbocycles. The summed E-state index contributed by atoms with van der Waals surface area (Å²) in [6.45, 7) is 3.48. The van der Waals surface area contributed by atoms with Crippen molar-refractivity contribution in [3.63, 3.8) is 0 Å². The Morgan fingerprint density at radius 3 is 2.18 bits per heavy atom. The summed E-state index contributed by atoms with van der Waals surface area (Å²) in [5.41, 5.74) is 0. The summed E-state index contributed by atoms with van der Waals surface area (Å²) < 4.78 is 5.62. The van der Waals surface area contributed by atoms with E-state index in [4.69, 9.17) is 27.9 Å². The lowest BCUT2D eigenvalue weighted by atomic mass is 10.3. The molecule has 0 N–H and O–H groups in total. The Morgan fingerprint density at radius 1 is 0.941 bits per heavy atom. The number of ether oxygens (including phenoxy) is 1. The largest absolute Gasteiger partial charge is 0.494 e. The molecular formula is C13H19Cl2NO. The number of benzene rings is 1. The minimum atomic E-state index is 0.649. The zero-order valence-corrected chi connectivity index (χ0v) is 11.5. The van der Waals surface area contributed by atoms with E-state index < -0.39 is 0 Å². The molecular weight excluding hydrogens is 257 g/mol. The molecule has 0 spiro atoms. The molecule has 0 amide bonds. The van der Waals surface area contributed by atoms with Gasteiger partial charge < -0.3 is 9.64 Å². The van der Waals surface area contributed by atoms with E-state index in [1.165, 1.54) is 0 Å². The standard InChI is InChI=1S/C13H19Cl2NO/c14-7-10-16(11-8-15)9-4-12-17-13-5-2-1-3-6-13/h1-3,5-6H,4,7-12H2. The maximum absolute atomic E-state index is 5.72. The minimum absolute atomic E-state index is 0.649. The smallest absolute Gasteiger partial charge is 0.119 e. The minimum Gasteiger partial charge on any atom is -0.494 e. The Balaban J connectivity index is 2.13. The van der Waals surface area contributed by atoms with Gasteiger partial charge in [-0.3, -0.25) is 0 Å². The van der Waals surface area contributed by atoms with E-state index in [1.54, 1.807) is 0 Å². The van der Waals surface area contributed by atoms with Crippen LogP contribution in [0.25, 0.3) is 0 Å². The van der Waals surface area contributed by atoms with Crippen LogP contribution in [0.2, 0.25) is 0 Å². The summed E-state index contributed by atoms with van der Waals surface area (Å²) in [5, 5.41) is 0. The number of alkyl halides is 2. The Labute approximate surface area is 113 Å². The molecule has 1 aromatic rings. The first-order valence-corrected chi connectivity index (χ1v) is 6.96. The Kier molecular flexibility index (Phi) is 8.24. The normalized spacial score (nSPS) is 10.8. The maximum atomic E-state index is 5.72. The second-order valence-electron chi connectivity index (χ2n) is 3.73. The fourth-order valence-corrected chi connectivity index (χ4v) is 2.05. The summed E-state index contributed by atoms with van der Waals surface area (Å²) in [5.74, 6) is 2.22. The molecule has 0 bridgehead atoms. The third kappa shape index (κ3) is 6.77. The van der Waals surface area contributed by atoms with Crippen LogP contribution in [-0.2, 0) is 0 Å². The van der Waals surface area contributed by atoms with Crippen molar-refractivity contribution in [2.75, 3.05) is 38.0 Å². The third-order valence-electron chi connectivity index (χ3n) is 2.43. The molecule has 4 heteroatoms. The number of nitrogens with zero attached hydrogens (tertiary/aromatic N) is 1. The van der Waals surface area contributed by atoms with Crippen LogP contribution < -0.4 is 4.74 Å². The van der Waals surface area contributed by atoms with Crippen LogP contribution in [-0.4, -0.2) is 42.9 Å². The molecule has 0 aliphatic rings. The van der Waals surface area contributed by atoms with Crippen LogP contribution >= 0.6 is 23.2 Å². The van der Waals surface area contributed by atoms with Crippen molar-refractivity contribution < 1.29 is 4.74 Å². The number of hydrogen-bond acceptors (Lipinski definition) is 2. The highest BCUT2D eigenvalue weighted by Gasteiger charge is 2.02. The second-order valence-corrected chi connectivity index (χ2v) is 4.49. The van der Waals surface area contributed by atoms with Crippen LogP contribution in [0, 0.1) is 0 Å². The van der Waals surface area contributed by atoms with Gasteiger partial charge in [-0.25, -0.2) is 0 Å². The molecule has 96 valence electrons. The maximum Gasteiger partial charge on any atom is 0.119 e. The van der Waals surface area contributed by atoms with Crippen molar-refractivity contribution in [3.8, 4) is 5.75 Å². The number of halogens is 2. The average Bonchev–Trinajstić information content (AvgIpc) is 2.36. The molecule has 0 aliphatic heterocycles. The highest BCUT2D eigenvalue weighted by atomic mass is 35.5. The summed E-state index contributed by atoms with van der Waals surface area (Å²) in [4.78, 5) is 2.26. The average molecular weight is 276 g/mol. The van der Waals surface area contributed by atoms with Gasteiger partial charge in [0, 0.05) is 31.4 Å². The SMILES string of the molecule is ClCCN(CCCl)CCCOc1ccccc1. The van der Waals surface area contributed by atoms with Crippen LogP contribution in [0.1, 0.15) is 6.42 Å². The Bertz CT molecular complexity index is 276. The monoisotopic (exact) mass is 275 g/mol. The first kappa shape index (κ1) is 14.6. The van der Waals surface area contributed by atoms with E-state index in [1.807, 2.05) is 30.3 Å². The van der Waals surface area contributed by atoms with Gasteiger partial charge in [0.15, 0.2) is 0 Å². The van der Waals surface area contributed by atoms with E-state index in [0.29, 0.717) is 11.8 Å². The molecule has 0 saturated heterocycles. The zero-order chi connectivity index (χ0) is 12.3. The third-order valence-corrected chi connectivity index (χ3v) is 2.77. The van der Waals surface area contributed by atoms with E-state index in [0.717, 1.165) is 38.4 Å². The molecule has 0 aromatic heterocycles. The van der Waals surface area contributed by atoms with Crippen LogP contribution in [0.15, 0.2) is 30.3 Å². The summed E-state index contributed by atoms with van der Waals surface area (Å²) >= 11 is 11.4. The van der Waals surface area contributed by atoms with Gasteiger partial charge in [-0.2, -0.15) is 0 Å². The lowest BCUT2D eigenvalue weighted by molar-refractivity contribution is 0.251. The van der Waals surface area contributed by atoms with Crippen LogP contribution in [0.4, 0.5) is 0 Å². The summed E-state index contributed by atoms with van der Waals surface area (Å²) in [6.07, 6.45) is 0.989. The second kappa shape index (κ2) is 9.58. The molecule has 0 radical (unpaired) electrons. The van der Waals surface area contributed by atoms with Crippen molar-refractivity contribution in [2.45, 2.75) is 6.42 Å². The summed E-state index contributed by atoms with van der Waals surface area (Å²) in [7, 11) is 0. The number of hydrogen-bond donors (Lipinski definition) is 0. The van der Waals surface area contributed by atoms with Gasteiger partial charge in [0.1, 0.15) is 5.75 Å². The molecule has 0 atom stereocenters. The molecule has 2 nitrogen and oxygen atoms in total. The predicted octanol–water partition coefficient (Wildman–Crippen LogP) is 3.24. The molecule has 0 saturated carbocycles. The fourth-order valence-electron chi connectivity index (χ4n) is 1.57. The van der Waals surface area contributed by atoms with Crippen molar-refractivity contribution >= 4 is 23.2 Å². The lowest BCUT2D eigenvalue weighted by Crippen LogP contribution is -2.29. The first-order valence-electron chi connectivity index (χ1n) is 5.89. The van der Waals surface area contributed by atoms with Crippen LogP contribution in [0.3, 0.4) is 0 Å². The quantitative estimate of drug-likeness (QED) is 0.507. The van der Waals surface area contributed by atoms with Crippen molar-refractivity contribution in [1.82, 2.24) is 4.90 Å². The van der Waals surface area contributed by atoms with Crippen molar-refractivity contribution in [1.29, 1.82) is 0 Å². The molecule has 0 fully saturated rings. The van der Waals surface area contributed by atoms with E-state index >= 15 is 0 Å². The van der Waals surface area contributed by atoms with E-state index in [9.17, 15) is 0 Å². The van der Waals surface area contributed by atoms with Gasteiger partial charge in [0.05, 0.1) is 6.61 Å². The number of para-hydroxylation sites is 1. The van der Waals surface area contributed by atoms with E-state index in [2.05, 4.69) is 4.90 Å². The molecule has 1 rings (SSSR count). The van der Waals surface area contributed by atoms with Gasteiger partial charge in [0.25, 0.3) is 0 Å². The molecule has 0 aliphatic carbocycles. The summed E-state index contributed by atoms with van der Waals surface area (Å²) in [6, 6.07) is 9.87. The van der Waals surface area contributed by atoms with Crippen molar-refractivity contribution in [2.24, 2.45) is 0 Å². The zero-order valence-electron chi connectivity index (χ0n) is 9.95. The van der Waals surface area contributed by atoms with Gasteiger partial charge in [-0.15, -0.1) is 23.2 Å². The first-order chi connectivity index (χ1) is 8.36. The van der Waals surface area contributed by atoms with Gasteiger partial charge in [-0.05, 0) is 18.6 Å². The van der Waals surface area contributed by atoms with Gasteiger partial charge in [-0.1, -0.05) is 18.2 Å². The predicted molar refractivity (Wildman–Crippen MR) is 74.4 cm³/mol. The highest BCUT2D eigenvalue weighted by molar-refractivity contribution is 6.18. The van der Waals surface area contributed by atoms with Gasteiger partial charge >= 0.3 is 0 Å². The molecule has 0 heterocycles. The topological polar surface area (TPSA) is 12.5 Å². The molecule has 0 unspecified atom stereocenters. The lowest BCUT2D eigenvalue weighted by Gasteiger charge is -2.19. The molecule has 17 heavy (non-hydrogen) atoms. The van der Waals surface area contributed by atoms with Crippen LogP contribution in [0.5, 0.6) is 5.75 Å². The Morgan fingerprint density at radius 2 is 1.59 bits per heavy atom. The highest BCUT2D eigenvalue weighted by Crippen LogP contribution is 2.08. The van der Waals surface area contributed by atoms with E-state index in [-0.39, 0.29) is 0 Å². The fraction of sp³-hybridized carbons (Fsp3) is 0.538. The number of rotatable bonds is 9.